The van der Waals surface area contributed by atoms with E-state index < -0.39 is 0 Å². The Balaban J connectivity index is 1.96. The Morgan fingerprint density at radius 2 is 2.00 bits per heavy atom. The molecule has 1 aromatic carbocycles. The van der Waals surface area contributed by atoms with Crippen molar-refractivity contribution in [2.75, 3.05) is 33.2 Å². The summed E-state index contributed by atoms with van der Waals surface area (Å²) in [5.74, 6) is 0.385. The van der Waals surface area contributed by atoms with E-state index in [1.54, 1.807) is 0 Å². The normalized spacial score (nSPS) is 21.0. The largest absolute Gasteiger partial charge is 0.303 e. The molecule has 20 heavy (non-hydrogen) atoms. The maximum Gasteiger partial charge on any atom is 0.132 e. The van der Waals surface area contributed by atoms with Gasteiger partial charge in [-0.2, -0.15) is 0 Å². The van der Waals surface area contributed by atoms with E-state index in [4.69, 9.17) is 0 Å². The van der Waals surface area contributed by atoms with Crippen LogP contribution in [0.25, 0.3) is 0 Å². The molecule has 110 valence electrons. The van der Waals surface area contributed by atoms with Gasteiger partial charge in [-0.05, 0) is 25.6 Å². The van der Waals surface area contributed by atoms with Gasteiger partial charge in [0.25, 0.3) is 0 Å². The van der Waals surface area contributed by atoms with Crippen LogP contribution in [0.4, 0.5) is 0 Å². The fraction of sp³-hybridized carbons (Fsp3) is 0.588. The summed E-state index contributed by atoms with van der Waals surface area (Å²) < 4.78 is 0. The van der Waals surface area contributed by atoms with Crippen LogP contribution in [0, 0.1) is 0 Å². The first-order chi connectivity index (χ1) is 9.70. The second-order valence-corrected chi connectivity index (χ2v) is 5.72. The number of carbonyl (C=O) groups excluding carboxylic acids is 1. The number of piperazine rings is 1. The van der Waals surface area contributed by atoms with E-state index in [0.29, 0.717) is 18.2 Å². The fourth-order valence-electron chi connectivity index (χ4n) is 2.87. The van der Waals surface area contributed by atoms with E-state index in [9.17, 15) is 4.79 Å². The van der Waals surface area contributed by atoms with Crippen LogP contribution >= 0.6 is 0 Å². The summed E-state index contributed by atoms with van der Waals surface area (Å²) in [7, 11) is 2.19. The van der Waals surface area contributed by atoms with E-state index in [1.807, 2.05) is 6.92 Å². The number of nitrogens with zero attached hydrogens (tertiary/aromatic N) is 2. The quantitative estimate of drug-likeness (QED) is 0.797. The van der Waals surface area contributed by atoms with Crippen molar-refractivity contribution < 1.29 is 4.79 Å². The van der Waals surface area contributed by atoms with Crippen molar-refractivity contribution in [1.29, 1.82) is 0 Å². The maximum absolute atomic E-state index is 11.4. The number of carbonyl (C=O) groups is 1. The Hall–Kier alpha value is -1.19. The molecule has 0 amide bonds. The molecule has 1 aromatic rings. The van der Waals surface area contributed by atoms with Gasteiger partial charge in [-0.3, -0.25) is 9.69 Å². The van der Waals surface area contributed by atoms with Gasteiger partial charge < -0.3 is 4.90 Å². The number of hydrogen-bond donors (Lipinski definition) is 0. The van der Waals surface area contributed by atoms with E-state index >= 15 is 0 Å². The molecule has 0 N–H and O–H groups in total. The van der Waals surface area contributed by atoms with Gasteiger partial charge in [0, 0.05) is 38.5 Å². The fourth-order valence-corrected chi connectivity index (χ4v) is 2.87. The Morgan fingerprint density at radius 1 is 1.25 bits per heavy atom. The van der Waals surface area contributed by atoms with Crippen molar-refractivity contribution in [2.45, 2.75) is 32.2 Å². The van der Waals surface area contributed by atoms with Crippen LogP contribution in [0.3, 0.4) is 0 Å². The van der Waals surface area contributed by atoms with Gasteiger partial charge in [0.2, 0.25) is 0 Å². The molecule has 2 rings (SSSR count). The van der Waals surface area contributed by atoms with Crippen molar-refractivity contribution in [3.8, 4) is 0 Å². The molecule has 1 unspecified atom stereocenters. The first-order valence-corrected chi connectivity index (χ1v) is 7.70. The van der Waals surface area contributed by atoms with E-state index in [0.717, 1.165) is 39.0 Å². The van der Waals surface area contributed by atoms with Gasteiger partial charge in [-0.25, -0.2) is 0 Å². The van der Waals surface area contributed by atoms with Crippen LogP contribution in [0.1, 0.15) is 37.8 Å². The molecule has 1 aliphatic heterocycles. The SMILES string of the molecule is CCC(=O)CCCN1CCN(C)CC1c1ccccc1. The minimum absolute atomic E-state index is 0.385. The third-order valence-electron chi connectivity index (χ3n) is 4.17. The molecule has 1 heterocycles. The standard InChI is InChI=1S/C17H26N2O/c1-3-16(20)10-7-11-19-13-12-18(2)14-17(19)15-8-5-4-6-9-15/h4-6,8-9,17H,3,7,10-14H2,1-2H3. The Bertz CT molecular complexity index is 418. The number of Topliss-reactive ketones (excluding diaryl/α,β-unsaturated/α-hetero) is 1. The van der Waals surface area contributed by atoms with Crippen LogP contribution < -0.4 is 0 Å². The zero-order chi connectivity index (χ0) is 14.4. The summed E-state index contributed by atoms with van der Waals surface area (Å²) in [6.45, 7) is 6.26. The summed E-state index contributed by atoms with van der Waals surface area (Å²) in [6.07, 6.45) is 2.38. The van der Waals surface area contributed by atoms with E-state index in [1.165, 1.54) is 5.56 Å². The predicted octanol–water partition coefficient (Wildman–Crippen LogP) is 2.73. The molecule has 1 saturated heterocycles. The lowest BCUT2D eigenvalue weighted by Crippen LogP contribution is -2.47. The summed E-state index contributed by atoms with van der Waals surface area (Å²) in [6, 6.07) is 11.2. The highest BCUT2D eigenvalue weighted by molar-refractivity contribution is 5.77. The molecule has 0 spiro atoms. The summed E-state index contributed by atoms with van der Waals surface area (Å²) in [4.78, 5) is 16.4. The van der Waals surface area contributed by atoms with Crippen molar-refractivity contribution in [3.05, 3.63) is 35.9 Å². The second-order valence-electron chi connectivity index (χ2n) is 5.72. The minimum atomic E-state index is 0.385. The molecular formula is C17H26N2O. The highest BCUT2D eigenvalue weighted by atomic mass is 16.1. The number of benzene rings is 1. The summed E-state index contributed by atoms with van der Waals surface area (Å²) >= 11 is 0. The van der Waals surface area contributed by atoms with Crippen molar-refractivity contribution in [1.82, 2.24) is 9.80 Å². The van der Waals surface area contributed by atoms with Gasteiger partial charge in [0.05, 0.1) is 0 Å². The molecule has 1 fully saturated rings. The number of ketones is 1. The van der Waals surface area contributed by atoms with Gasteiger partial charge in [0.15, 0.2) is 0 Å². The molecule has 0 aliphatic carbocycles. The number of hydrogen-bond acceptors (Lipinski definition) is 3. The zero-order valence-electron chi connectivity index (χ0n) is 12.7. The molecule has 1 aliphatic rings. The van der Waals surface area contributed by atoms with Gasteiger partial charge in [-0.1, -0.05) is 37.3 Å². The van der Waals surface area contributed by atoms with Gasteiger partial charge in [0.1, 0.15) is 5.78 Å². The first kappa shape index (κ1) is 15.2. The Kier molecular flexibility index (Phi) is 5.74. The lowest BCUT2D eigenvalue weighted by atomic mass is 10.0. The minimum Gasteiger partial charge on any atom is -0.303 e. The smallest absolute Gasteiger partial charge is 0.132 e. The number of rotatable bonds is 6. The van der Waals surface area contributed by atoms with Gasteiger partial charge in [-0.15, -0.1) is 0 Å². The second kappa shape index (κ2) is 7.55. The van der Waals surface area contributed by atoms with Crippen molar-refractivity contribution >= 4 is 5.78 Å². The zero-order valence-corrected chi connectivity index (χ0v) is 12.7. The van der Waals surface area contributed by atoms with Crippen LogP contribution in [-0.4, -0.2) is 48.8 Å². The summed E-state index contributed by atoms with van der Waals surface area (Å²) in [5, 5.41) is 0. The Labute approximate surface area is 122 Å². The first-order valence-electron chi connectivity index (χ1n) is 7.70. The van der Waals surface area contributed by atoms with Crippen LogP contribution in [-0.2, 0) is 4.79 Å². The number of likely N-dealkylation sites (N-methyl/N-ethyl adjacent to an activating group) is 1. The van der Waals surface area contributed by atoms with E-state index in [-0.39, 0.29) is 0 Å². The third kappa shape index (κ3) is 4.15. The van der Waals surface area contributed by atoms with Crippen molar-refractivity contribution in [2.24, 2.45) is 0 Å². The average molecular weight is 274 g/mol. The highest BCUT2D eigenvalue weighted by Crippen LogP contribution is 2.25. The van der Waals surface area contributed by atoms with Crippen LogP contribution in [0.2, 0.25) is 0 Å². The van der Waals surface area contributed by atoms with Crippen LogP contribution in [0.15, 0.2) is 30.3 Å². The predicted molar refractivity (Wildman–Crippen MR) is 82.8 cm³/mol. The molecule has 0 bridgehead atoms. The molecule has 0 radical (unpaired) electrons. The van der Waals surface area contributed by atoms with E-state index in [2.05, 4.69) is 47.2 Å². The molecule has 1 atom stereocenters. The lowest BCUT2D eigenvalue weighted by Gasteiger charge is -2.40. The highest BCUT2D eigenvalue weighted by Gasteiger charge is 2.25. The molecule has 0 aromatic heterocycles. The van der Waals surface area contributed by atoms with Crippen LogP contribution in [0.5, 0.6) is 0 Å². The Morgan fingerprint density at radius 3 is 2.70 bits per heavy atom. The monoisotopic (exact) mass is 274 g/mol. The van der Waals surface area contributed by atoms with Crippen molar-refractivity contribution in [3.63, 3.8) is 0 Å². The summed E-state index contributed by atoms with van der Waals surface area (Å²) in [5.41, 5.74) is 1.39. The maximum atomic E-state index is 11.4. The molecule has 3 nitrogen and oxygen atoms in total. The third-order valence-corrected chi connectivity index (χ3v) is 4.17. The topological polar surface area (TPSA) is 23.6 Å². The van der Waals surface area contributed by atoms with Gasteiger partial charge >= 0.3 is 0 Å². The molecule has 3 heteroatoms. The molecule has 0 saturated carbocycles. The molecular weight excluding hydrogens is 248 g/mol. The average Bonchev–Trinajstić information content (AvgIpc) is 2.49. The lowest BCUT2D eigenvalue weighted by molar-refractivity contribution is -0.119.